The maximum absolute atomic E-state index is 5.90. The molecule has 0 aliphatic rings. The van der Waals surface area contributed by atoms with Gasteiger partial charge in [-0.1, -0.05) is 23.8 Å². The maximum atomic E-state index is 5.90. The minimum absolute atomic E-state index is 0.293. The molecular formula is C15H16N6. The van der Waals surface area contributed by atoms with Crippen molar-refractivity contribution in [1.82, 2.24) is 19.7 Å². The summed E-state index contributed by atoms with van der Waals surface area (Å²) in [7, 11) is 0. The van der Waals surface area contributed by atoms with Crippen LogP contribution in [0.1, 0.15) is 11.1 Å². The number of rotatable bonds is 3. The van der Waals surface area contributed by atoms with Gasteiger partial charge in [0.1, 0.15) is 0 Å². The van der Waals surface area contributed by atoms with Gasteiger partial charge < -0.3 is 11.1 Å². The highest BCUT2D eigenvalue weighted by atomic mass is 15.4. The molecule has 0 spiro atoms. The second kappa shape index (κ2) is 5.24. The zero-order valence-electron chi connectivity index (χ0n) is 11.9. The van der Waals surface area contributed by atoms with E-state index in [4.69, 9.17) is 5.73 Å². The van der Waals surface area contributed by atoms with Crippen molar-refractivity contribution >= 4 is 17.6 Å². The monoisotopic (exact) mass is 280 g/mol. The van der Waals surface area contributed by atoms with E-state index in [9.17, 15) is 0 Å². The van der Waals surface area contributed by atoms with E-state index in [1.807, 2.05) is 37.3 Å². The summed E-state index contributed by atoms with van der Waals surface area (Å²) in [4.78, 5) is 8.44. The van der Waals surface area contributed by atoms with Crippen LogP contribution >= 0.6 is 0 Å². The van der Waals surface area contributed by atoms with Gasteiger partial charge in [-0.25, -0.2) is 4.98 Å². The molecule has 106 valence electrons. The lowest BCUT2D eigenvalue weighted by Gasteiger charge is -2.06. The molecule has 1 aromatic carbocycles. The number of hydrogen-bond donors (Lipinski definition) is 2. The SMILES string of the molecule is Cc1ccc(Nc2nc(N)n(-c3ccccn3)n2)c(C)c1. The average Bonchev–Trinajstić information content (AvgIpc) is 2.84. The van der Waals surface area contributed by atoms with E-state index in [1.165, 1.54) is 10.2 Å². The van der Waals surface area contributed by atoms with Gasteiger partial charge in [0, 0.05) is 11.9 Å². The molecule has 21 heavy (non-hydrogen) atoms. The van der Waals surface area contributed by atoms with Crippen LogP contribution in [0.25, 0.3) is 5.82 Å². The summed E-state index contributed by atoms with van der Waals surface area (Å²) in [6.07, 6.45) is 1.69. The van der Waals surface area contributed by atoms with Crippen LogP contribution in [0.4, 0.5) is 17.6 Å². The second-order valence-electron chi connectivity index (χ2n) is 4.84. The summed E-state index contributed by atoms with van der Waals surface area (Å²) < 4.78 is 1.51. The molecule has 0 fully saturated rings. The molecule has 3 rings (SSSR count). The zero-order chi connectivity index (χ0) is 14.8. The average molecular weight is 280 g/mol. The number of nitrogens with zero attached hydrogens (tertiary/aromatic N) is 4. The molecule has 3 N–H and O–H groups in total. The van der Waals surface area contributed by atoms with Gasteiger partial charge in [-0.2, -0.15) is 9.67 Å². The number of benzene rings is 1. The van der Waals surface area contributed by atoms with Crippen molar-refractivity contribution in [3.63, 3.8) is 0 Å². The zero-order valence-corrected chi connectivity index (χ0v) is 11.9. The lowest BCUT2D eigenvalue weighted by molar-refractivity contribution is 0.859. The van der Waals surface area contributed by atoms with Gasteiger partial charge in [-0.05, 0) is 37.6 Å². The van der Waals surface area contributed by atoms with Crippen molar-refractivity contribution in [3.05, 3.63) is 53.7 Å². The van der Waals surface area contributed by atoms with Crippen LogP contribution in [0.5, 0.6) is 0 Å². The first kappa shape index (κ1) is 13.1. The smallest absolute Gasteiger partial charge is 0.248 e. The third-order valence-electron chi connectivity index (χ3n) is 3.13. The normalized spacial score (nSPS) is 10.6. The van der Waals surface area contributed by atoms with Crippen LogP contribution in [-0.2, 0) is 0 Å². The molecular weight excluding hydrogens is 264 g/mol. The maximum Gasteiger partial charge on any atom is 0.248 e. The Balaban J connectivity index is 1.91. The third kappa shape index (κ3) is 2.69. The number of pyridine rings is 1. The molecule has 0 unspecified atom stereocenters. The Morgan fingerprint density at radius 2 is 2.00 bits per heavy atom. The first-order chi connectivity index (χ1) is 10.1. The highest BCUT2D eigenvalue weighted by molar-refractivity contribution is 5.59. The van der Waals surface area contributed by atoms with Crippen LogP contribution in [0, 0.1) is 13.8 Å². The van der Waals surface area contributed by atoms with Crippen LogP contribution in [0.15, 0.2) is 42.6 Å². The number of nitrogen functional groups attached to an aromatic ring is 1. The summed E-state index contributed by atoms with van der Waals surface area (Å²) >= 11 is 0. The molecule has 0 aliphatic carbocycles. The molecule has 0 saturated heterocycles. The number of hydrogen-bond acceptors (Lipinski definition) is 5. The van der Waals surface area contributed by atoms with Gasteiger partial charge in [-0.15, -0.1) is 5.10 Å². The molecule has 0 bridgehead atoms. The summed E-state index contributed by atoms with van der Waals surface area (Å²) in [6, 6.07) is 11.7. The van der Waals surface area contributed by atoms with Gasteiger partial charge in [0.15, 0.2) is 5.82 Å². The van der Waals surface area contributed by atoms with Gasteiger partial charge >= 0.3 is 0 Å². The van der Waals surface area contributed by atoms with Crippen molar-refractivity contribution in [2.45, 2.75) is 13.8 Å². The van der Waals surface area contributed by atoms with Gasteiger partial charge in [0.05, 0.1) is 0 Å². The lowest BCUT2D eigenvalue weighted by Crippen LogP contribution is -2.04. The highest BCUT2D eigenvalue weighted by Crippen LogP contribution is 2.20. The fourth-order valence-corrected chi connectivity index (χ4v) is 2.10. The molecule has 6 nitrogen and oxygen atoms in total. The van der Waals surface area contributed by atoms with Crippen molar-refractivity contribution < 1.29 is 0 Å². The van der Waals surface area contributed by atoms with Gasteiger partial charge in [0.2, 0.25) is 11.9 Å². The molecule has 0 aliphatic heterocycles. The fourth-order valence-electron chi connectivity index (χ4n) is 2.10. The molecule has 6 heteroatoms. The molecule has 3 aromatic rings. The second-order valence-corrected chi connectivity index (χ2v) is 4.84. The van der Waals surface area contributed by atoms with Crippen LogP contribution in [-0.4, -0.2) is 19.7 Å². The number of aryl methyl sites for hydroxylation is 2. The molecule has 0 atom stereocenters. The highest BCUT2D eigenvalue weighted by Gasteiger charge is 2.10. The van der Waals surface area contributed by atoms with E-state index in [2.05, 4.69) is 33.4 Å². The van der Waals surface area contributed by atoms with E-state index >= 15 is 0 Å². The van der Waals surface area contributed by atoms with Crippen molar-refractivity contribution in [1.29, 1.82) is 0 Å². The van der Waals surface area contributed by atoms with Gasteiger partial charge in [0.25, 0.3) is 0 Å². The lowest BCUT2D eigenvalue weighted by atomic mass is 10.1. The first-order valence-corrected chi connectivity index (χ1v) is 6.62. The standard InChI is InChI=1S/C15H16N6/c1-10-6-7-12(11(2)9-10)18-15-19-14(16)21(20-15)13-5-3-4-8-17-13/h3-9H,1-2H3,(H3,16,18,19,20). The molecule has 2 aromatic heterocycles. The Hall–Kier alpha value is -2.89. The first-order valence-electron chi connectivity index (χ1n) is 6.62. The van der Waals surface area contributed by atoms with Crippen LogP contribution in [0.3, 0.4) is 0 Å². The number of nitrogens with two attached hydrogens (primary N) is 1. The topological polar surface area (TPSA) is 81.6 Å². The Morgan fingerprint density at radius 3 is 2.71 bits per heavy atom. The number of aromatic nitrogens is 4. The summed E-state index contributed by atoms with van der Waals surface area (Å²) in [6.45, 7) is 4.09. The minimum Gasteiger partial charge on any atom is -0.368 e. The van der Waals surface area contributed by atoms with Crippen molar-refractivity contribution in [3.8, 4) is 5.82 Å². The third-order valence-corrected chi connectivity index (χ3v) is 3.13. The molecule has 0 saturated carbocycles. The number of nitrogens with one attached hydrogen (secondary N) is 1. The van der Waals surface area contributed by atoms with E-state index in [0.29, 0.717) is 17.7 Å². The minimum atomic E-state index is 0.293. The van der Waals surface area contributed by atoms with Crippen molar-refractivity contribution in [2.24, 2.45) is 0 Å². The van der Waals surface area contributed by atoms with E-state index in [-0.39, 0.29) is 0 Å². The molecule has 0 amide bonds. The summed E-state index contributed by atoms with van der Waals surface area (Å²) in [5.74, 6) is 1.38. The molecule has 2 heterocycles. The van der Waals surface area contributed by atoms with Crippen LogP contribution < -0.4 is 11.1 Å². The Labute approximate surface area is 122 Å². The fraction of sp³-hybridized carbons (Fsp3) is 0.133. The number of anilines is 3. The Kier molecular flexibility index (Phi) is 3.27. The summed E-state index contributed by atoms with van der Waals surface area (Å²) in [5.41, 5.74) is 9.20. The largest absolute Gasteiger partial charge is 0.368 e. The Bertz CT molecular complexity index is 763. The quantitative estimate of drug-likeness (QED) is 0.770. The van der Waals surface area contributed by atoms with E-state index in [1.54, 1.807) is 6.20 Å². The van der Waals surface area contributed by atoms with Gasteiger partial charge in [-0.3, -0.25) is 0 Å². The predicted octanol–water partition coefficient (Wildman–Crippen LogP) is 2.60. The van der Waals surface area contributed by atoms with Crippen molar-refractivity contribution in [2.75, 3.05) is 11.1 Å². The van der Waals surface area contributed by atoms with E-state index in [0.717, 1.165) is 11.3 Å². The predicted molar refractivity (Wildman–Crippen MR) is 82.8 cm³/mol. The van der Waals surface area contributed by atoms with E-state index < -0.39 is 0 Å². The summed E-state index contributed by atoms with van der Waals surface area (Å²) in [5, 5.41) is 7.53. The molecule has 0 radical (unpaired) electrons. The Morgan fingerprint density at radius 1 is 1.14 bits per heavy atom. The van der Waals surface area contributed by atoms with Crippen LogP contribution in [0.2, 0.25) is 0 Å².